The van der Waals surface area contributed by atoms with E-state index in [1.165, 1.54) is 6.92 Å². The number of aliphatic carboxylic acids is 1. The molecule has 0 aliphatic carbocycles. The molecule has 126 valence electrons. The highest BCUT2D eigenvalue weighted by Gasteiger charge is 2.29. The first-order valence-corrected chi connectivity index (χ1v) is 6.90. The monoisotopic (exact) mass is 329 g/mol. The number of halogens is 2. The number of amides is 1. The standard InChI is InChI=1S/C15H17F2NO5/c1-3-23-12(19)4-8(2)13(15(21)22)18-14(20)9-5-10(16)7-11(17)6-9/h5-8,13H,3-4H2,1-2H3,(H,18,20)(H,21,22)/t8-,13-/m0/s1. The maximum atomic E-state index is 13.1. The zero-order valence-corrected chi connectivity index (χ0v) is 12.6. The van der Waals surface area contributed by atoms with Crippen LogP contribution < -0.4 is 5.32 Å². The molecule has 0 spiro atoms. The van der Waals surface area contributed by atoms with Gasteiger partial charge in [-0.25, -0.2) is 13.6 Å². The molecule has 0 saturated carbocycles. The van der Waals surface area contributed by atoms with Gasteiger partial charge >= 0.3 is 11.9 Å². The van der Waals surface area contributed by atoms with Crippen LogP contribution in [-0.2, 0) is 14.3 Å². The maximum absolute atomic E-state index is 13.1. The Kier molecular flexibility index (Phi) is 6.62. The molecular weight excluding hydrogens is 312 g/mol. The van der Waals surface area contributed by atoms with Crippen LogP contribution in [0.3, 0.4) is 0 Å². The Morgan fingerprint density at radius 3 is 2.26 bits per heavy atom. The first-order chi connectivity index (χ1) is 10.7. The molecule has 0 saturated heterocycles. The van der Waals surface area contributed by atoms with Crippen LogP contribution >= 0.6 is 0 Å². The Morgan fingerprint density at radius 2 is 1.78 bits per heavy atom. The Bertz CT molecular complexity index is 585. The quantitative estimate of drug-likeness (QED) is 0.743. The average Bonchev–Trinajstić information content (AvgIpc) is 2.42. The fourth-order valence-electron chi connectivity index (χ4n) is 1.96. The van der Waals surface area contributed by atoms with Crippen molar-refractivity contribution in [3.05, 3.63) is 35.4 Å². The van der Waals surface area contributed by atoms with Crippen molar-refractivity contribution >= 4 is 17.8 Å². The molecule has 23 heavy (non-hydrogen) atoms. The van der Waals surface area contributed by atoms with Crippen molar-refractivity contribution in [2.45, 2.75) is 26.3 Å². The number of ether oxygens (including phenoxy) is 1. The van der Waals surface area contributed by atoms with E-state index in [0.717, 1.165) is 12.1 Å². The maximum Gasteiger partial charge on any atom is 0.326 e. The molecule has 1 aromatic carbocycles. The van der Waals surface area contributed by atoms with Crippen molar-refractivity contribution in [3.8, 4) is 0 Å². The highest BCUT2D eigenvalue weighted by Crippen LogP contribution is 2.13. The molecular formula is C15H17F2NO5. The molecule has 2 N–H and O–H groups in total. The van der Waals surface area contributed by atoms with Gasteiger partial charge in [0, 0.05) is 11.6 Å². The van der Waals surface area contributed by atoms with Crippen LogP contribution in [0.4, 0.5) is 8.78 Å². The Hall–Kier alpha value is -2.51. The van der Waals surface area contributed by atoms with E-state index in [1.807, 2.05) is 0 Å². The summed E-state index contributed by atoms with van der Waals surface area (Å²) in [5.74, 6) is -5.60. The second-order valence-electron chi connectivity index (χ2n) is 4.93. The molecule has 6 nitrogen and oxygen atoms in total. The molecule has 0 radical (unpaired) electrons. The molecule has 8 heteroatoms. The van der Waals surface area contributed by atoms with Gasteiger partial charge in [0.25, 0.3) is 5.91 Å². The molecule has 0 bridgehead atoms. The lowest BCUT2D eigenvalue weighted by Crippen LogP contribution is -2.45. The lowest BCUT2D eigenvalue weighted by atomic mass is 9.98. The van der Waals surface area contributed by atoms with Crippen LogP contribution in [0, 0.1) is 17.6 Å². The Morgan fingerprint density at radius 1 is 1.22 bits per heavy atom. The van der Waals surface area contributed by atoms with Gasteiger partial charge in [0.2, 0.25) is 0 Å². The number of carbonyl (C=O) groups is 3. The fourth-order valence-corrected chi connectivity index (χ4v) is 1.96. The average molecular weight is 329 g/mol. The van der Waals surface area contributed by atoms with Gasteiger partial charge < -0.3 is 15.2 Å². The van der Waals surface area contributed by atoms with Crippen LogP contribution in [-0.4, -0.2) is 35.6 Å². The summed E-state index contributed by atoms with van der Waals surface area (Å²) in [4.78, 5) is 34.6. The van der Waals surface area contributed by atoms with Crippen molar-refractivity contribution in [2.24, 2.45) is 5.92 Å². The zero-order valence-electron chi connectivity index (χ0n) is 12.6. The minimum atomic E-state index is -1.40. The van der Waals surface area contributed by atoms with Gasteiger partial charge in [0.05, 0.1) is 13.0 Å². The van der Waals surface area contributed by atoms with E-state index in [9.17, 15) is 28.3 Å². The van der Waals surface area contributed by atoms with E-state index >= 15 is 0 Å². The number of nitrogens with one attached hydrogen (secondary N) is 1. The molecule has 0 aliphatic heterocycles. The summed E-state index contributed by atoms with van der Waals surface area (Å²) >= 11 is 0. The highest BCUT2D eigenvalue weighted by molar-refractivity contribution is 5.96. The minimum Gasteiger partial charge on any atom is -0.480 e. The summed E-state index contributed by atoms with van der Waals surface area (Å²) in [7, 11) is 0. The lowest BCUT2D eigenvalue weighted by Gasteiger charge is -2.20. The summed E-state index contributed by atoms with van der Waals surface area (Å²) in [5.41, 5.74) is -0.350. The van der Waals surface area contributed by atoms with Crippen LogP contribution in [0.2, 0.25) is 0 Å². The van der Waals surface area contributed by atoms with Gasteiger partial charge in [-0.1, -0.05) is 6.92 Å². The third-order valence-corrected chi connectivity index (χ3v) is 3.04. The van der Waals surface area contributed by atoms with E-state index in [2.05, 4.69) is 5.32 Å². The van der Waals surface area contributed by atoms with E-state index in [-0.39, 0.29) is 18.6 Å². The molecule has 0 unspecified atom stereocenters. The van der Waals surface area contributed by atoms with Crippen LogP contribution in [0.1, 0.15) is 30.6 Å². The largest absolute Gasteiger partial charge is 0.480 e. The van der Waals surface area contributed by atoms with Gasteiger partial charge in [-0.15, -0.1) is 0 Å². The molecule has 1 amide bonds. The predicted molar refractivity (Wildman–Crippen MR) is 75.7 cm³/mol. The van der Waals surface area contributed by atoms with Gasteiger partial charge in [0.15, 0.2) is 0 Å². The second-order valence-corrected chi connectivity index (χ2v) is 4.93. The molecule has 2 atom stereocenters. The number of rotatable bonds is 7. The van der Waals surface area contributed by atoms with Crippen LogP contribution in [0.25, 0.3) is 0 Å². The zero-order chi connectivity index (χ0) is 17.6. The molecule has 0 aliphatic rings. The minimum absolute atomic E-state index is 0.151. The van der Waals surface area contributed by atoms with E-state index in [4.69, 9.17) is 4.74 Å². The second kappa shape index (κ2) is 8.21. The van der Waals surface area contributed by atoms with E-state index < -0.39 is 41.4 Å². The Labute approximate surface area is 131 Å². The number of hydrogen-bond donors (Lipinski definition) is 2. The van der Waals surface area contributed by atoms with Gasteiger partial charge in [-0.2, -0.15) is 0 Å². The predicted octanol–water partition coefficient (Wildman–Crippen LogP) is 1.74. The number of carboxylic acid groups (broad SMARTS) is 1. The molecule has 1 rings (SSSR count). The summed E-state index contributed by atoms with van der Waals surface area (Å²) in [5, 5.41) is 11.3. The summed E-state index contributed by atoms with van der Waals surface area (Å²) in [6.45, 7) is 3.21. The van der Waals surface area contributed by atoms with Crippen molar-refractivity contribution in [3.63, 3.8) is 0 Å². The first-order valence-electron chi connectivity index (χ1n) is 6.90. The topological polar surface area (TPSA) is 92.7 Å². The van der Waals surface area contributed by atoms with Crippen LogP contribution in [0.5, 0.6) is 0 Å². The van der Waals surface area contributed by atoms with Crippen molar-refractivity contribution < 1.29 is 33.0 Å². The lowest BCUT2D eigenvalue weighted by molar-refractivity contribution is -0.145. The van der Waals surface area contributed by atoms with Crippen molar-refractivity contribution in [2.75, 3.05) is 6.61 Å². The summed E-state index contributed by atoms with van der Waals surface area (Å²) in [6.07, 6.45) is -0.220. The molecule has 0 heterocycles. The third kappa shape index (κ3) is 5.65. The Balaban J connectivity index is 2.84. The smallest absolute Gasteiger partial charge is 0.326 e. The van der Waals surface area contributed by atoms with E-state index in [0.29, 0.717) is 6.07 Å². The van der Waals surface area contributed by atoms with Gasteiger partial charge in [-0.3, -0.25) is 9.59 Å². The number of benzene rings is 1. The van der Waals surface area contributed by atoms with Crippen molar-refractivity contribution in [1.82, 2.24) is 5.32 Å². The number of hydrogen-bond acceptors (Lipinski definition) is 4. The highest BCUT2D eigenvalue weighted by atomic mass is 19.1. The van der Waals surface area contributed by atoms with Gasteiger partial charge in [0.1, 0.15) is 17.7 Å². The number of carboxylic acids is 1. The number of carbonyl (C=O) groups excluding carboxylic acids is 2. The molecule has 0 fully saturated rings. The normalized spacial score (nSPS) is 13.0. The van der Waals surface area contributed by atoms with Gasteiger partial charge in [-0.05, 0) is 25.0 Å². The molecule has 1 aromatic rings. The fraction of sp³-hybridized carbons (Fsp3) is 0.400. The first kappa shape index (κ1) is 18.5. The summed E-state index contributed by atoms with van der Waals surface area (Å²) in [6, 6.07) is 0.758. The third-order valence-electron chi connectivity index (χ3n) is 3.04. The SMILES string of the molecule is CCOC(=O)C[C@H](C)[C@H](NC(=O)c1cc(F)cc(F)c1)C(=O)O. The number of esters is 1. The summed E-state index contributed by atoms with van der Waals surface area (Å²) < 4.78 is 30.9. The van der Waals surface area contributed by atoms with Crippen LogP contribution in [0.15, 0.2) is 18.2 Å². The molecule has 0 aromatic heterocycles. The van der Waals surface area contributed by atoms with E-state index in [1.54, 1.807) is 6.92 Å². The van der Waals surface area contributed by atoms with Crippen molar-refractivity contribution in [1.29, 1.82) is 0 Å².